The van der Waals surface area contributed by atoms with E-state index in [-0.39, 0.29) is 29.6 Å². The van der Waals surface area contributed by atoms with E-state index in [2.05, 4.69) is 44.2 Å². The Morgan fingerprint density at radius 2 is 1.40 bits per heavy atom. The molecule has 1 rings (SSSR count). The standard InChI is InChI=1S/C17H27.C3H4O4.Na/c1-3-4-5-6-7-8-10-13-16(2)17-14-11-9-12-15-17;4-2(5)1-3(6)7;/h9,11-12,14-16H,2-8,10,13H2,1H3;1H2,(H,4,5)(H,6,7);/q-1;;+1. The molecule has 136 valence electrons. The third kappa shape index (κ3) is 17.8. The average Bonchev–Trinajstić information content (AvgIpc) is 2.54. The van der Waals surface area contributed by atoms with Crippen LogP contribution in [-0.2, 0) is 9.59 Å². The Kier molecular flexibility index (Phi) is 19.0. The van der Waals surface area contributed by atoms with Crippen molar-refractivity contribution in [3.8, 4) is 0 Å². The molecule has 0 heterocycles. The minimum atomic E-state index is -1.31. The molecule has 4 nitrogen and oxygen atoms in total. The molecule has 0 saturated carbocycles. The summed E-state index contributed by atoms with van der Waals surface area (Å²) in [6.45, 7) is 6.53. The molecule has 0 spiro atoms. The molecule has 5 heteroatoms. The number of carbonyl (C=O) groups is 2. The van der Waals surface area contributed by atoms with E-state index in [0.29, 0.717) is 5.92 Å². The van der Waals surface area contributed by atoms with Crippen LogP contribution in [0.15, 0.2) is 30.3 Å². The molecule has 1 aromatic carbocycles. The number of hydrogen-bond donors (Lipinski definition) is 2. The van der Waals surface area contributed by atoms with Crippen LogP contribution in [0.5, 0.6) is 0 Å². The Morgan fingerprint density at radius 1 is 0.920 bits per heavy atom. The molecule has 0 aliphatic rings. The summed E-state index contributed by atoms with van der Waals surface area (Å²) in [4.78, 5) is 18.9. The quantitative estimate of drug-likeness (QED) is 0.275. The predicted octanol–water partition coefficient (Wildman–Crippen LogP) is 2.29. The van der Waals surface area contributed by atoms with E-state index < -0.39 is 18.4 Å². The molecule has 0 aromatic heterocycles. The first-order chi connectivity index (χ1) is 11.5. The summed E-state index contributed by atoms with van der Waals surface area (Å²) in [6.07, 6.45) is 10.1. The maximum absolute atomic E-state index is 9.43. The molecule has 0 aliphatic heterocycles. The van der Waals surface area contributed by atoms with E-state index in [4.69, 9.17) is 10.2 Å². The fraction of sp³-hybridized carbons (Fsp3) is 0.550. The molecule has 25 heavy (non-hydrogen) atoms. The zero-order chi connectivity index (χ0) is 18.2. The van der Waals surface area contributed by atoms with Crippen molar-refractivity contribution in [3.05, 3.63) is 42.8 Å². The second-order valence-electron chi connectivity index (χ2n) is 5.98. The van der Waals surface area contributed by atoms with E-state index in [9.17, 15) is 9.59 Å². The zero-order valence-corrected chi connectivity index (χ0v) is 17.7. The molecule has 0 bridgehead atoms. The van der Waals surface area contributed by atoms with Gasteiger partial charge < -0.3 is 17.1 Å². The van der Waals surface area contributed by atoms with Gasteiger partial charge in [-0.05, 0) is 0 Å². The number of rotatable bonds is 11. The van der Waals surface area contributed by atoms with Crippen LogP contribution in [0.1, 0.15) is 76.2 Å². The average molecular weight is 358 g/mol. The monoisotopic (exact) mass is 358 g/mol. The number of carboxylic acids is 2. The topological polar surface area (TPSA) is 74.6 Å². The summed E-state index contributed by atoms with van der Waals surface area (Å²) in [7, 11) is 0. The van der Waals surface area contributed by atoms with Crippen molar-refractivity contribution in [1.29, 1.82) is 0 Å². The van der Waals surface area contributed by atoms with E-state index in [1.807, 2.05) is 0 Å². The van der Waals surface area contributed by atoms with Gasteiger partial charge in [0.15, 0.2) is 0 Å². The number of hydrogen-bond acceptors (Lipinski definition) is 2. The molecule has 0 aliphatic carbocycles. The summed E-state index contributed by atoms with van der Waals surface area (Å²) in [5.74, 6) is -2.15. The van der Waals surface area contributed by atoms with E-state index in [1.54, 1.807) is 0 Å². The van der Waals surface area contributed by atoms with Gasteiger partial charge in [-0.15, -0.1) is 5.92 Å². The van der Waals surface area contributed by atoms with Gasteiger partial charge in [-0.2, -0.15) is 0 Å². The Labute approximate surface area is 174 Å². The van der Waals surface area contributed by atoms with Gasteiger partial charge in [0.1, 0.15) is 6.42 Å². The molecule has 0 fully saturated rings. The Balaban J connectivity index is 0. The van der Waals surface area contributed by atoms with Gasteiger partial charge in [-0.3, -0.25) is 9.59 Å². The van der Waals surface area contributed by atoms with E-state index in [0.717, 1.165) is 0 Å². The third-order valence-corrected chi connectivity index (χ3v) is 3.73. The van der Waals surface area contributed by atoms with Crippen LogP contribution in [0.4, 0.5) is 0 Å². The summed E-state index contributed by atoms with van der Waals surface area (Å²) in [5.41, 5.74) is 1.39. The van der Waals surface area contributed by atoms with Gasteiger partial charge in [-0.25, -0.2) is 0 Å². The SMILES string of the molecule is O=C(O)CC(=O)O.[CH2-]C(CCCCCCCCC)c1ccccc1.[Na+]. The molecule has 1 unspecified atom stereocenters. The maximum atomic E-state index is 9.43. The molecule has 2 N–H and O–H groups in total. The molecule has 0 radical (unpaired) electrons. The zero-order valence-electron chi connectivity index (χ0n) is 15.7. The first-order valence-electron chi connectivity index (χ1n) is 8.79. The van der Waals surface area contributed by atoms with Crippen molar-refractivity contribution in [1.82, 2.24) is 0 Å². The smallest absolute Gasteiger partial charge is 0.481 e. The van der Waals surface area contributed by atoms with Crippen LogP contribution in [0.3, 0.4) is 0 Å². The third-order valence-electron chi connectivity index (χ3n) is 3.73. The van der Waals surface area contributed by atoms with Gasteiger partial charge in [-0.1, -0.05) is 94.2 Å². The van der Waals surface area contributed by atoms with Crippen LogP contribution in [0.25, 0.3) is 0 Å². The largest absolute Gasteiger partial charge is 1.00 e. The fourth-order valence-electron chi connectivity index (χ4n) is 2.37. The number of carboxylic acid groups (broad SMARTS) is 2. The minimum absolute atomic E-state index is 0. The minimum Gasteiger partial charge on any atom is -0.481 e. The predicted molar refractivity (Wildman–Crippen MR) is 97.0 cm³/mol. The van der Waals surface area contributed by atoms with Crippen LogP contribution in [0.2, 0.25) is 0 Å². The normalized spacial score (nSPS) is 10.8. The van der Waals surface area contributed by atoms with Crippen molar-refractivity contribution in [3.63, 3.8) is 0 Å². The number of benzene rings is 1. The van der Waals surface area contributed by atoms with Crippen molar-refractivity contribution in [2.75, 3.05) is 0 Å². The Hall–Kier alpha value is -0.840. The maximum Gasteiger partial charge on any atom is 1.00 e. The molecule has 0 amide bonds. The molecule has 0 saturated heterocycles. The van der Waals surface area contributed by atoms with Crippen molar-refractivity contribution < 1.29 is 49.4 Å². The van der Waals surface area contributed by atoms with Crippen molar-refractivity contribution in [2.45, 2.75) is 70.6 Å². The van der Waals surface area contributed by atoms with Gasteiger partial charge in [0, 0.05) is 0 Å². The van der Waals surface area contributed by atoms with Gasteiger partial charge in [0.25, 0.3) is 0 Å². The van der Waals surface area contributed by atoms with Crippen molar-refractivity contribution >= 4 is 11.9 Å². The molecular weight excluding hydrogens is 327 g/mol. The first-order valence-corrected chi connectivity index (χ1v) is 8.79. The molecular formula is C20H31NaO4. The summed E-state index contributed by atoms with van der Waals surface area (Å²) < 4.78 is 0. The van der Waals surface area contributed by atoms with Crippen LogP contribution in [0, 0.1) is 6.92 Å². The number of unbranched alkanes of at least 4 members (excludes halogenated alkanes) is 6. The second kappa shape index (κ2) is 18.0. The van der Waals surface area contributed by atoms with Crippen LogP contribution in [-0.4, -0.2) is 22.2 Å². The van der Waals surface area contributed by atoms with Gasteiger partial charge >= 0.3 is 41.5 Å². The first kappa shape index (κ1) is 26.4. The number of aliphatic carboxylic acids is 2. The van der Waals surface area contributed by atoms with Crippen LogP contribution >= 0.6 is 0 Å². The van der Waals surface area contributed by atoms with Gasteiger partial charge in [0.05, 0.1) is 0 Å². The Bertz CT molecular complexity index is 436. The second-order valence-corrected chi connectivity index (χ2v) is 5.98. The molecule has 1 atom stereocenters. The fourth-order valence-corrected chi connectivity index (χ4v) is 2.37. The Morgan fingerprint density at radius 3 is 1.84 bits per heavy atom. The van der Waals surface area contributed by atoms with Gasteiger partial charge in [0.2, 0.25) is 0 Å². The van der Waals surface area contributed by atoms with Crippen molar-refractivity contribution in [2.24, 2.45) is 0 Å². The molecule has 1 aromatic rings. The summed E-state index contributed by atoms with van der Waals surface area (Å²) >= 11 is 0. The van der Waals surface area contributed by atoms with E-state index >= 15 is 0 Å². The summed E-state index contributed by atoms with van der Waals surface area (Å²) in [6, 6.07) is 10.7. The summed E-state index contributed by atoms with van der Waals surface area (Å²) in [5, 5.41) is 15.4. The van der Waals surface area contributed by atoms with Crippen LogP contribution < -0.4 is 29.6 Å². The van der Waals surface area contributed by atoms with E-state index in [1.165, 1.54) is 56.9 Å².